The van der Waals surface area contributed by atoms with Gasteiger partial charge in [0.2, 0.25) is 5.95 Å². The van der Waals surface area contributed by atoms with Crippen molar-refractivity contribution < 1.29 is 4.39 Å². The molecule has 0 aliphatic carbocycles. The molecule has 3 aliphatic heterocycles. The lowest BCUT2D eigenvalue weighted by Gasteiger charge is -2.37. The number of rotatable bonds is 4. The molecule has 3 fully saturated rings. The number of anilines is 2. The summed E-state index contributed by atoms with van der Waals surface area (Å²) in [5, 5.41) is 6.80. The zero-order valence-electron chi connectivity index (χ0n) is 22.5. The smallest absolute Gasteiger partial charge is 0.228 e. The summed E-state index contributed by atoms with van der Waals surface area (Å²) in [4.78, 5) is 16.9. The number of benzene rings is 3. The molecular weight excluding hydrogens is 511 g/mol. The molecule has 3 aromatic carbocycles. The molecule has 0 unspecified atom stereocenters. The largest absolute Gasteiger partial charge is 0.353 e. The van der Waals surface area contributed by atoms with Gasteiger partial charge in [0.1, 0.15) is 11.3 Å². The SMILES string of the molecule is CN(C)C1CCN(c2nc(N3C[C@H]4CC[C@@H](C3)N4)c3cc(Cl)c(-c4cccc5ccccc45)c(F)c3n2)CC1. The predicted molar refractivity (Wildman–Crippen MR) is 159 cm³/mol. The van der Waals surface area contributed by atoms with Gasteiger partial charge in [-0.3, -0.25) is 0 Å². The van der Waals surface area contributed by atoms with Gasteiger partial charge in [0.05, 0.1) is 5.02 Å². The zero-order valence-corrected chi connectivity index (χ0v) is 23.3. The third-order valence-electron chi connectivity index (χ3n) is 8.90. The van der Waals surface area contributed by atoms with Crippen LogP contribution in [0.4, 0.5) is 16.2 Å². The minimum atomic E-state index is -0.375. The summed E-state index contributed by atoms with van der Waals surface area (Å²) >= 11 is 6.92. The summed E-state index contributed by atoms with van der Waals surface area (Å²) in [6, 6.07) is 17.3. The first-order chi connectivity index (χ1) is 19.0. The maximum atomic E-state index is 16.7. The molecule has 4 heterocycles. The minimum Gasteiger partial charge on any atom is -0.353 e. The monoisotopic (exact) mass is 544 g/mol. The third kappa shape index (κ3) is 4.41. The molecule has 1 aromatic heterocycles. The van der Waals surface area contributed by atoms with Gasteiger partial charge in [0, 0.05) is 55.3 Å². The van der Waals surface area contributed by atoms with Gasteiger partial charge in [-0.15, -0.1) is 0 Å². The Labute approximate surface area is 233 Å². The van der Waals surface area contributed by atoms with Crippen LogP contribution in [0.1, 0.15) is 25.7 Å². The molecule has 7 rings (SSSR count). The summed E-state index contributed by atoms with van der Waals surface area (Å²) < 4.78 is 16.7. The molecule has 0 amide bonds. The summed E-state index contributed by atoms with van der Waals surface area (Å²) in [6.07, 6.45) is 4.39. The van der Waals surface area contributed by atoms with Crippen molar-refractivity contribution in [3.63, 3.8) is 0 Å². The van der Waals surface area contributed by atoms with Crippen LogP contribution in [0.3, 0.4) is 0 Å². The minimum absolute atomic E-state index is 0.350. The van der Waals surface area contributed by atoms with Crippen molar-refractivity contribution in [1.82, 2.24) is 20.2 Å². The molecule has 3 aliphatic rings. The predicted octanol–water partition coefficient (Wildman–Crippen LogP) is 5.71. The molecule has 6 nitrogen and oxygen atoms in total. The highest BCUT2D eigenvalue weighted by atomic mass is 35.5. The van der Waals surface area contributed by atoms with Gasteiger partial charge in [0.25, 0.3) is 0 Å². The van der Waals surface area contributed by atoms with Crippen LogP contribution < -0.4 is 15.1 Å². The molecular formula is C31H34ClFN6. The summed E-state index contributed by atoms with van der Waals surface area (Å²) in [7, 11) is 4.27. The second-order valence-corrected chi connectivity index (χ2v) is 11.9. The Balaban J connectivity index is 1.40. The number of hydrogen-bond acceptors (Lipinski definition) is 6. The molecule has 202 valence electrons. The Hall–Kier alpha value is -3.00. The van der Waals surface area contributed by atoms with E-state index in [1.165, 1.54) is 0 Å². The van der Waals surface area contributed by atoms with Crippen LogP contribution in [0.2, 0.25) is 5.02 Å². The first-order valence-electron chi connectivity index (χ1n) is 14.1. The Morgan fingerprint density at radius 2 is 1.62 bits per heavy atom. The summed E-state index contributed by atoms with van der Waals surface area (Å²) in [5.74, 6) is 1.04. The van der Waals surface area contributed by atoms with Crippen molar-refractivity contribution in [2.75, 3.05) is 50.1 Å². The molecule has 39 heavy (non-hydrogen) atoms. The number of nitrogens with one attached hydrogen (secondary N) is 1. The molecule has 2 bridgehead atoms. The van der Waals surface area contributed by atoms with Crippen LogP contribution in [-0.4, -0.2) is 73.3 Å². The van der Waals surface area contributed by atoms with Gasteiger partial charge in [-0.05, 0) is 62.2 Å². The topological polar surface area (TPSA) is 47.5 Å². The highest BCUT2D eigenvalue weighted by Crippen LogP contribution is 2.42. The molecule has 1 N–H and O–H groups in total. The molecule has 4 aromatic rings. The quantitative estimate of drug-likeness (QED) is 0.355. The second kappa shape index (κ2) is 9.88. The van der Waals surface area contributed by atoms with Crippen molar-refractivity contribution in [2.45, 2.75) is 43.8 Å². The highest BCUT2D eigenvalue weighted by molar-refractivity contribution is 6.35. The van der Waals surface area contributed by atoms with E-state index < -0.39 is 0 Å². The lowest BCUT2D eigenvalue weighted by molar-refractivity contribution is 0.249. The Morgan fingerprint density at radius 3 is 2.36 bits per heavy atom. The van der Waals surface area contributed by atoms with Gasteiger partial charge >= 0.3 is 0 Å². The highest BCUT2D eigenvalue weighted by Gasteiger charge is 2.35. The van der Waals surface area contributed by atoms with Crippen molar-refractivity contribution in [2.24, 2.45) is 0 Å². The van der Waals surface area contributed by atoms with Crippen LogP contribution in [-0.2, 0) is 0 Å². The fourth-order valence-corrected chi connectivity index (χ4v) is 7.09. The maximum Gasteiger partial charge on any atom is 0.228 e. The van der Waals surface area contributed by atoms with Gasteiger partial charge in [-0.1, -0.05) is 54.1 Å². The second-order valence-electron chi connectivity index (χ2n) is 11.5. The van der Waals surface area contributed by atoms with Crippen molar-refractivity contribution in [3.8, 4) is 11.1 Å². The van der Waals surface area contributed by atoms with E-state index in [0.717, 1.165) is 74.0 Å². The van der Waals surface area contributed by atoms with Crippen LogP contribution in [0.5, 0.6) is 0 Å². The standard InChI is InChI=1S/C31H34ClFN6/c1-37(2)22-12-14-38(15-13-22)31-35-29-25(30(36-31)39-17-20-10-11-21(18-39)34-20)16-26(32)27(28(29)33)24-9-5-7-19-6-3-4-8-23(19)24/h3-9,16,20-22,34H,10-15,17-18H2,1-2H3/t20-,21+. The molecule has 3 saturated heterocycles. The normalized spacial score (nSPS) is 22.0. The van der Waals surface area contributed by atoms with Crippen molar-refractivity contribution >= 4 is 45.0 Å². The number of piperazine rings is 1. The average molecular weight is 545 g/mol. The van der Waals surface area contributed by atoms with E-state index in [-0.39, 0.29) is 5.82 Å². The van der Waals surface area contributed by atoms with E-state index in [1.54, 1.807) is 0 Å². The Kier molecular flexibility index (Phi) is 6.33. The van der Waals surface area contributed by atoms with E-state index in [2.05, 4.69) is 34.1 Å². The van der Waals surface area contributed by atoms with E-state index in [4.69, 9.17) is 21.6 Å². The average Bonchev–Trinajstić information content (AvgIpc) is 3.30. The van der Waals surface area contributed by atoms with E-state index >= 15 is 4.39 Å². The molecule has 8 heteroatoms. The van der Waals surface area contributed by atoms with Gasteiger partial charge in [0.15, 0.2) is 5.82 Å². The molecule has 0 radical (unpaired) electrons. The van der Waals surface area contributed by atoms with Crippen molar-refractivity contribution in [1.29, 1.82) is 0 Å². The Bertz CT molecular complexity index is 1530. The van der Waals surface area contributed by atoms with Crippen LogP contribution in [0.15, 0.2) is 48.5 Å². The fraction of sp³-hybridized carbons (Fsp3) is 0.419. The lowest BCUT2D eigenvalue weighted by Crippen LogP contribution is -2.51. The van der Waals surface area contributed by atoms with Gasteiger partial charge < -0.3 is 20.0 Å². The zero-order chi connectivity index (χ0) is 26.7. The van der Waals surface area contributed by atoms with Gasteiger partial charge in [-0.2, -0.15) is 4.98 Å². The fourth-order valence-electron chi connectivity index (χ4n) is 6.79. The molecule has 0 saturated carbocycles. The van der Waals surface area contributed by atoms with Crippen LogP contribution >= 0.6 is 11.6 Å². The number of fused-ring (bicyclic) bond motifs is 4. The first kappa shape index (κ1) is 25.0. The Morgan fingerprint density at radius 1 is 0.897 bits per heavy atom. The first-order valence-corrected chi connectivity index (χ1v) is 14.4. The summed E-state index contributed by atoms with van der Waals surface area (Å²) in [5.41, 5.74) is 1.54. The maximum absolute atomic E-state index is 16.7. The lowest BCUT2D eigenvalue weighted by atomic mass is 9.96. The van der Waals surface area contributed by atoms with Crippen molar-refractivity contribution in [3.05, 3.63) is 59.4 Å². The summed E-state index contributed by atoms with van der Waals surface area (Å²) in [6.45, 7) is 3.42. The van der Waals surface area contributed by atoms with E-state index in [0.29, 0.717) is 45.6 Å². The number of halogens is 2. The molecule has 2 atom stereocenters. The van der Waals surface area contributed by atoms with E-state index in [1.807, 2.05) is 48.5 Å². The number of piperidine rings is 1. The number of nitrogens with zero attached hydrogens (tertiary/aromatic N) is 5. The third-order valence-corrected chi connectivity index (χ3v) is 9.20. The van der Waals surface area contributed by atoms with Crippen LogP contribution in [0.25, 0.3) is 32.8 Å². The number of aromatic nitrogens is 2. The van der Waals surface area contributed by atoms with Crippen LogP contribution in [0, 0.1) is 5.82 Å². The number of hydrogen-bond donors (Lipinski definition) is 1. The van der Waals surface area contributed by atoms with Gasteiger partial charge in [-0.25, -0.2) is 9.37 Å². The molecule has 0 spiro atoms. The van der Waals surface area contributed by atoms with E-state index in [9.17, 15) is 0 Å².